The SMILES string of the molecule is CN(C)C(=O)CCNCc1ccc(-c2ccc(C(F)(F)F)cc2)s1. The molecule has 0 saturated carbocycles. The number of rotatable bonds is 6. The van der Waals surface area contributed by atoms with Crippen molar-refractivity contribution in [1.82, 2.24) is 10.2 Å². The molecule has 0 radical (unpaired) electrons. The van der Waals surface area contributed by atoms with Gasteiger partial charge in [0.05, 0.1) is 5.56 Å². The monoisotopic (exact) mass is 356 g/mol. The largest absolute Gasteiger partial charge is 0.416 e. The predicted octanol–water partition coefficient (Wildman–Crippen LogP) is 4.00. The third kappa shape index (κ3) is 5.07. The summed E-state index contributed by atoms with van der Waals surface area (Å²) in [5.41, 5.74) is 0.122. The number of halogens is 3. The minimum absolute atomic E-state index is 0.0686. The van der Waals surface area contributed by atoms with E-state index >= 15 is 0 Å². The van der Waals surface area contributed by atoms with Gasteiger partial charge in [0.15, 0.2) is 0 Å². The zero-order valence-electron chi connectivity index (χ0n) is 13.5. The molecule has 2 rings (SSSR count). The Morgan fingerprint density at radius 1 is 1.12 bits per heavy atom. The van der Waals surface area contributed by atoms with Crippen LogP contribution >= 0.6 is 11.3 Å². The summed E-state index contributed by atoms with van der Waals surface area (Å²) in [4.78, 5) is 15.0. The third-order valence-corrected chi connectivity index (χ3v) is 4.61. The van der Waals surface area contributed by atoms with E-state index in [0.29, 0.717) is 19.5 Å². The predicted molar refractivity (Wildman–Crippen MR) is 89.8 cm³/mol. The number of carbonyl (C=O) groups is 1. The van der Waals surface area contributed by atoms with E-state index < -0.39 is 11.7 Å². The normalized spacial score (nSPS) is 11.5. The lowest BCUT2D eigenvalue weighted by Crippen LogP contribution is -2.26. The number of nitrogens with one attached hydrogen (secondary N) is 1. The first kappa shape index (κ1) is 18.5. The minimum atomic E-state index is -4.31. The van der Waals surface area contributed by atoms with E-state index in [1.54, 1.807) is 19.0 Å². The van der Waals surface area contributed by atoms with Crippen molar-refractivity contribution in [2.24, 2.45) is 0 Å². The van der Waals surface area contributed by atoms with Crippen LogP contribution in [0.5, 0.6) is 0 Å². The molecule has 24 heavy (non-hydrogen) atoms. The van der Waals surface area contributed by atoms with E-state index in [9.17, 15) is 18.0 Å². The van der Waals surface area contributed by atoms with Gasteiger partial charge < -0.3 is 10.2 Å². The van der Waals surface area contributed by atoms with Crippen LogP contribution < -0.4 is 5.32 Å². The molecule has 130 valence electrons. The van der Waals surface area contributed by atoms with E-state index in [-0.39, 0.29) is 5.91 Å². The Bertz CT molecular complexity index is 678. The molecule has 0 aliphatic rings. The van der Waals surface area contributed by atoms with Crippen LogP contribution in [0.4, 0.5) is 13.2 Å². The zero-order chi connectivity index (χ0) is 17.7. The highest BCUT2D eigenvalue weighted by atomic mass is 32.1. The number of amides is 1. The first-order valence-corrected chi connectivity index (χ1v) is 8.26. The van der Waals surface area contributed by atoms with E-state index in [1.807, 2.05) is 12.1 Å². The Morgan fingerprint density at radius 3 is 2.38 bits per heavy atom. The van der Waals surface area contributed by atoms with Crippen molar-refractivity contribution >= 4 is 17.2 Å². The summed E-state index contributed by atoms with van der Waals surface area (Å²) in [5.74, 6) is 0.0686. The van der Waals surface area contributed by atoms with Gasteiger partial charge in [-0.3, -0.25) is 4.79 Å². The minimum Gasteiger partial charge on any atom is -0.349 e. The quantitative estimate of drug-likeness (QED) is 0.794. The van der Waals surface area contributed by atoms with E-state index in [4.69, 9.17) is 0 Å². The molecule has 0 unspecified atom stereocenters. The maximum Gasteiger partial charge on any atom is 0.416 e. The van der Waals surface area contributed by atoms with Gasteiger partial charge in [0, 0.05) is 43.4 Å². The van der Waals surface area contributed by atoms with Gasteiger partial charge in [-0.1, -0.05) is 12.1 Å². The molecule has 2 aromatic rings. The molecule has 0 spiro atoms. The molecule has 0 atom stereocenters. The number of benzene rings is 1. The Morgan fingerprint density at radius 2 is 1.79 bits per heavy atom. The summed E-state index contributed by atoms with van der Waals surface area (Å²) < 4.78 is 37.7. The number of carbonyl (C=O) groups excluding carboxylic acids is 1. The van der Waals surface area contributed by atoms with Gasteiger partial charge >= 0.3 is 6.18 Å². The molecule has 0 aliphatic carbocycles. The lowest BCUT2D eigenvalue weighted by molar-refractivity contribution is -0.137. The second kappa shape index (κ2) is 7.81. The van der Waals surface area contributed by atoms with Crippen molar-refractivity contribution in [3.8, 4) is 10.4 Å². The highest BCUT2D eigenvalue weighted by molar-refractivity contribution is 7.15. The van der Waals surface area contributed by atoms with Gasteiger partial charge in [0.25, 0.3) is 0 Å². The van der Waals surface area contributed by atoms with Crippen molar-refractivity contribution in [3.63, 3.8) is 0 Å². The average molecular weight is 356 g/mol. The molecule has 0 fully saturated rings. The van der Waals surface area contributed by atoms with Crippen LogP contribution in [0, 0.1) is 0 Å². The molecular weight excluding hydrogens is 337 g/mol. The second-order valence-electron chi connectivity index (χ2n) is 5.56. The number of alkyl halides is 3. The van der Waals surface area contributed by atoms with E-state index in [2.05, 4.69) is 5.32 Å². The molecule has 1 N–H and O–H groups in total. The molecule has 1 amide bonds. The van der Waals surface area contributed by atoms with Gasteiger partial charge in [-0.05, 0) is 29.8 Å². The van der Waals surface area contributed by atoms with Gasteiger partial charge in [-0.25, -0.2) is 0 Å². The summed E-state index contributed by atoms with van der Waals surface area (Å²) in [6.07, 6.45) is -3.88. The lowest BCUT2D eigenvalue weighted by atomic mass is 10.1. The highest BCUT2D eigenvalue weighted by Crippen LogP contribution is 2.33. The molecule has 1 heterocycles. The number of hydrogen-bond donors (Lipinski definition) is 1. The fourth-order valence-electron chi connectivity index (χ4n) is 2.08. The standard InChI is InChI=1S/C17H19F3N2OS/c1-22(2)16(23)9-10-21-11-14-7-8-15(24-14)12-3-5-13(6-4-12)17(18,19)20/h3-8,21H,9-11H2,1-2H3. The fourth-order valence-corrected chi connectivity index (χ4v) is 3.06. The summed E-state index contributed by atoms with van der Waals surface area (Å²) in [6.45, 7) is 1.22. The number of nitrogens with zero attached hydrogens (tertiary/aromatic N) is 1. The zero-order valence-corrected chi connectivity index (χ0v) is 14.3. The van der Waals surface area contributed by atoms with Crippen LogP contribution in [0.3, 0.4) is 0 Å². The fraction of sp³-hybridized carbons (Fsp3) is 0.353. The van der Waals surface area contributed by atoms with Crippen LogP contribution in [0.2, 0.25) is 0 Å². The van der Waals surface area contributed by atoms with Crippen LogP contribution in [0.25, 0.3) is 10.4 Å². The van der Waals surface area contributed by atoms with Crippen molar-refractivity contribution in [2.45, 2.75) is 19.1 Å². The third-order valence-electron chi connectivity index (χ3n) is 3.47. The lowest BCUT2D eigenvalue weighted by Gasteiger charge is -2.10. The Balaban J connectivity index is 1.90. The van der Waals surface area contributed by atoms with Crippen molar-refractivity contribution < 1.29 is 18.0 Å². The summed E-state index contributed by atoms with van der Waals surface area (Å²) in [6, 6.07) is 9.01. The highest BCUT2D eigenvalue weighted by Gasteiger charge is 2.29. The molecule has 0 saturated heterocycles. The first-order chi connectivity index (χ1) is 11.3. The van der Waals surface area contributed by atoms with Crippen LogP contribution in [-0.4, -0.2) is 31.4 Å². The van der Waals surface area contributed by atoms with Crippen LogP contribution in [0.15, 0.2) is 36.4 Å². The van der Waals surface area contributed by atoms with Crippen LogP contribution in [0.1, 0.15) is 16.9 Å². The molecular formula is C17H19F3N2OS. The number of thiophene rings is 1. The smallest absolute Gasteiger partial charge is 0.349 e. The van der Waals surface area contributed by atoms with Crippen molar-refractivity contribution in [1.29, 1.82) is 0 Å². The summed E-state index contributed by atoms with van der Waals surface area (Å²) in [5, 5.41) is 3.20. The summed E-state index contributed by atoms with van der Waals surface area (Å²) in [7, 11) is 3.44. The van der Waals surface area contributed by atoms with E-state index in [0.717, 1.165) is 27.5 Å². The Kier molecular flexibility index (Phi) is 6.01. The molecule has 7 heteroatoms. The van der Waals surface area contributed by atoms with E-state index in [1.165, 1.54) is 23.5 Å². The van der Waals surface area contributed by atoms with Crippen LogP contribution in [-0.2, 0) is 17.5 Å². The van der Waals surface area contributed by atoms with Gasteiger partial charge in [-0.2, -0.15) is 13.2 Å². The Labute approximate surface area is 143 Å². The summed E-state index contributed by atoms with van der Waals surface area (Å²) >= 11 is 1.53. The maximum absolute atomic E-state index is 12.6. The number of hydrogen-bond acceptors (Lipinski definition) is 3. The topological polar surface area (TPSA) is 32.3 Å². The molecule has 1 aromatic carbocycles. The Hall–Kier alpha value is -1.86. The molecule has 0 bridgehead atoms. The maximum atomic E-state index is 12.6. The first-order valence-electron chi connectivity index (χ1n) is 7.44. The van der Waals surface area contributed by atoms with Gasteiger partial charge in [0.1, 0.15) is 0 Å². The molecule has 0 aliphatic heterocycles. The van der Waals surface area contributed by atoms with Crippen molar-refractivity contribution in [2.75, 3.05) is 20.6 Å². The van der Waals surface area contributed by atoms with Gasteiger partial charge in [-0.15, -0.1) is 11.3 Å². The van der Waals surface area contributed by atoms with Gasteiger partial charge in [0.2, 0.25) is 5.91 Å². The molecule has 1 aromatic heterocycles. The molecule has 3 nitrogen and oxygen atoms in total. The average Bonchev–Trinajstić information content (AvgIpc) is 2.99. The second-order valence-corrected chi connectivity index (χ2v) is 6.72. The van der Waals surface area contributed by atoms with Crippen molar-refractivity contribution in [3.05, 3.63) is 46.8 Å².